The minimum atomic E-state index is -4.45. The zero-order valence-electron chi connectivity index (χ0n) is 16.7. The second-order valence-corrected chi connectivity index (χ2v) is 7.53. The number of aromatic nitrogens is 1. The molecule has 1 aromatic heterocycles. The molecule has 0 spiro atoms. The third-order valence-corrected chi connectivity index (χ3v) is 5.34. The smallest absolute Gasteiger partial charge is 0.332 e. The lowest BCUT2D eigenvalue weighted by molar-refractivity contribution is -0.137. The Morgan fingerprint density at radius 1 is 1.17 bits per heavy atom. The first-order chi connectivity index (χ1) is 13.4. The molecule has 0 saturated carbocycles. The summed E-state index contributed by atoms with van der Waals surface area (Å²) in [6.45, 7) is 15.8. The summed E-state index contributed by atoms with van der Waals surface area (Å²) in [6, 6.07) is 6.52. The van der Waals surface area contributed by atoms with E-state index in [2.05, 4.69) is 19.7 Å². The van der Waals surface area contributed by atoms with E-state index in [9.17, 15) is 18.0 Å². The summed E-state index contributed by atoms with van der Waals surface area (Å²) in [5.41, 5.74) is 2.91. The first kappa shape index (κ1) is 20.7. The lowest BCUT2D eigenvalue weighted by Gasteiger charge is -2.31. The fourth-order valence-corrected chi connectivity index (χ4v) is 3.95. The number of benzene rings is 1. The number of aryl methyl sites for hydroxylation is 2. The highest BCUT2D eigenvalue weighted by Crippen LogP contribution is 2.50. The summed E-state index contributed by atoms with van der Waals surface area (Å²) in [4.78, 5) is 14.0. The first-order valence-electron chi connectivity index (χ1n) is 9.10. The number of hydrogen-bond donors (Lipinski definition) is 0. The number of alkyl halides is 3. The van der Waals surface area contributed by atoms with Gasteiger partial charge in [-0.3, -0.25) is 4.79 Å². The lowest BCUT2D eigenvalue weighted by Crippen LogP contribution is -2.27. The highest BCUT2D eigenvalue weighted by atomic mass is 19.4. The van der Waals surface area contributed by atoms with Crippen molar-refractivity contribution >= 4 is 5.69 Å². The maximum absolute atomic E-state index is 13.3. The van der Waals surface area contributed by atoms with Crippen molar-refractivity contribution in [3.63, 3.8) is 0 Å². The Bertz CT molecular complexity index is 1050. The van der Waals surface area contributed by atoms with Crippen molar-refractivity contribution in [3.05, 3.63) is 100 Å². The van der Waals surface area contributed by atoms with Crippen LogP contribution < -0.4 is 10.5 Å². The van der Waals surface area contributed by atoms with Crippen LogP contribution in [0, 0.1) is 12.8 Å². The van der Waals surface area contributed by atoms with Gasteiger partial charge < -0.3 is 9.47 Å². The molecule has 0 N–H and O–H groups in total. The SMILES string of the molecule is C=C(C)C1C(=C)C(=C)N(c2cc(C)c(=O)n(C)c2)C1c1cccc(C(F)(F)F)c1. The number of rotatable bonds is 3. The third kappa shape index (κ3) is 3.55. The molecule has 152 valence electrons. The van der Waals surface area contributed by atoms with Gasteiger partial charge in [-0.2, -0.15) is 13.2 Å². The zero-order valence-corrected chi connectivity index (χ0v) is 16.7. The molecule has 3 nitrogen and oxygen atoms in total. The Balaban J connectivity index is 2.24. The normalized spacial score (nSPS) is 19.7. The Hall–Kier alpha value is -3.02. The molecular weight excluding hydrogens is 377 g/mol. The molecule has 1 fully saturated rings. The van der Waals surface area contributed by atoms with Gasteiger partial charge in [0.25, 0.3) is 5.56 Å². The van der Waals surface area contributed by atoms with E-state index in [-0.39, 0.29) is 11.5 Å². The van der Waals surface area contributed by atoms with Gasteiger partial charge in [0.2, 0.25) is 0 Å². The van der Waals surface area contributed by atoms with Crippen LogP contribution in [0.3, 0.4) is 0 Å². The van der Waals surface area contributed by atoms with Crippen LogP contribution in [0.5, 0.6) is 0 Å². The summed E-state index contributed by atoms with van der Waals surface area (Å²) >= 11 is 0. The molecule has 1 aliphatic rings. The van der Waals surface area contributed by atoms with Crippen molar-refractivity contribution in [2.45, 2.75) is 26.1 Å². The molecule has 6 heteroatoms. The first-order valence-corrected chi connectivity index (χ1v) is 9.10. The van der Waals surface area contributed by atoms with Gasteiger partial charge in [0, 0.05) is 30.4 Å². The topological polar surface area (TPSA) is 25.2 Å². The van der Waals surface area contributed by atoms with Crippen molar-refractivity contribution in [2.24, 2.45) is 13.0 Å². The largest absolute Gasteiger partial charge is 0.416 e. The van der Waals surface area contributed by atoms with E-state index in [0.29, 0.717) is 28.1 Å². The fourth-order valence-electron chi connectivity index (χ4n) is 3.95. The van der Waals surface area contributed by atoms with Crippen LogP contribution in [-0.2, 0) is 13.2 Å². The van der Waals surface area contributed by atoms with Crippen LogP contribution >= 0.6 is 0 Å². The van der Waals surface area contributed by atoms with Crippen molar-refractivity contribution in [3.8, 4) is 0 Å². The van der Waals surface area contributed by atoms with Crippen molar-refractivity contribution in [1.82, 2.24) is 4.57 Å². The molecule has 2 aromatic rings. The minimum absolute atomic E-state index is 0.135. The highest BCUT2D eigenvalue weighted by Gasteiger charge is 2.42. The number of halogens is 3. The monoisotopic (exact) mass is 400 g/mol. The van der Waals surface area contributed by atoms with Gasteiger partial charge in [0.1, 0.15) is 0 Å². The Kier molecular flexibility index (Phi) is 5.07. The van der Waals surface area contributed by atoms with Gasteiger partial charge in [0.15, 0.2) is 0 Å². The quantitative estimate of drug-likeness (QED) is 0.633. The van der Waals surface area contributed by atoms with Crippen LogP contribution in [-0.4, -0.2) is 4.57 Å². The van der Waals surface area contributed by atoms with Gasteiger partial charge in [-0.15, -0.1) is 0 Å². The van der Waals surface area contributed by atoms with E-state index in [0.717, 1.165) is 17.7 Å². The number of pyridine rings is 1. The highest BCUT2D eigenvalue weighted by molar-refractivity contribution is 5.65. The standard InChI is InChI=1S/C23H23F3N2O/c1-13(2)20-15(4)16(5)28(19-10-14(3)22(29)27(6)12-19)21(20)17-8-7-9-18(11-17)23(24,25)26/h7-12,20-21H,1,4-5H2,2-3,6H3. The van der Waals surface area contributed by atoms with Crippen molar-refractivity contribution < 1.29 is 13.2 Å². The average Bonchev–Trinajstić information content (AvgIpc) is 2.90. The molecule has 0 radical (unpaired) electrons. The van der Waals surface area contributed by atoms with E-state index >= 15 is 0 Å². The van der Waals surface area contributed by atoms with Gasteiger partial charge >= 0.3 is 6.18 Å². The van der Waals surface area contributed by atoms with Crippen LogP contribution in [0.4, 0.5) is 18.9 Å². The summed E-state index contributed by atoms with van der Waals surface area (Å²) in [5, 5.41) is 0. The fraction of sp³-hybridized carbons (Fsp3) is 0.261. The van der Waals surface area contributed by atoms with Gasteiger partial charge in [-0.05, 0) is 43.2 Å². The summed E-state index contributed by atoms with van der Waals surface area (Å²) in [6.07, 6.45) is -2.78. The molecule has 1 aliphatic heterocycles. The average molecular weight is 400 g/mol. The van der Waals surface area contributed by atoms with Crippen LogP contribution in [0.15, 0.2) is 77.9 Å². The van der Waals surface area contributed by atoms with Crippen LogP contribution in [0.1, 0.15) is 29.7 Å². The van der Waals surface area contributed by atoms with Gasteiger partial charge in [0.05, 0.1) is 17.3 Å². The van der Waals surface area contributed by atoms with E-state index < -0.39 is 17.8 Å². The molecule has 1 aromatic carbocycles. The molecule has 1 saturated heterocycles. The van der Waals surface area contributed by atoms with E-state index in [1.807, 2.05) is 11.8 Å². The molecule has 0 aliphatic carbocycles. The van der Waals surface area contributed by atoms with Gasteiger partial charge in [-0.25, -0.2) is 0 Å². The third-order valence-electron chi connectivity index (χ3n) is 5.34. The Morgan fingerprint density at radius 3 is 2.38 bits per heavy atom. The predicted octanol–water partition coefficient (Wildman–Crippen LogP) is 5.54. The summed E-state index contributed by atoms with van der Waals surface area (Å²) < 4.78 is 41.4. The van der Waals surface area contributed by atoms with Gasteiger partial charge in [-0.1, -0.05) is 37.4 Å². The number of hydrogen-bond acceptors (Lipinski definition) is 2. The number of anilines is 1. The Morgan fingerprint density at radius 2 is 1.83 bits per heavy atom. The molecule has 2 atom stereocenters. The molecule has 2 heterocycles. The molecular formula is C23H23F3N2O. The van der Waals surface area contributed by atoms with E-state index in [1.165, 1.54) is 10.6 Å². The van der Waals surface area contributed by atoms with Crippen molar-refractivity contribution in [2.75, 3.05) is 4.90 Å². The second-order valence-electron chi connectivity index (χ2n) is 7.53. The maximum Gasteiger partial charge on any atom is 0.416 e. The molecule has 0 amide bonds. The molecule has 2 unspecified atom stereocenters. The van der Waals surface area contributed by atoms with E-state index in [1.54, 1.807) is 32.3 Å². The number of nitrogens with zero attached hydrogens (tertiary/aromatic N) is 2. The second kappa shape index (κ2) is 7.10. The Labute approximate surface area is 168 Å². The molecule has 0 bridgehead atoms. The molecule has 29 heavy (non-hydrogen) atoms. The lowest BCUT2D eigenvalue weighted by atomic mass is 9.85. The number of allylic oxidation sites excluding steroid dienone is 1. The minimum Gasteiger partial charge on any atom is -0.332 e. The summed E-state index contributed by atoms with van der Waals surface area (Å²) in [7, 11) is 1.64. The maximum atomic E-state index is 13.3. The van der Waals surface area contributed by atoms with Crippen molar-refractivity contribution in [1.29, 1.82) is 0 Å². The zero-order chi connectivity index (χ0) is 21.7. The van der Waals surface area contributed by atoms with Crippen LogP contribution in [0.25, 0.3) is 0 Å². The van der Waals surface area contributed by atoms with E-state index in [4.69, 9.17) is 0 Å². The molecule has 3 rings (SSSR count). The summed E-state index contributed by atoms with van der Waals surface area (Å²) in [5.74, 6) is -0.302. The predicted molar refractivity (Wildman–Crippen MR) is 110 cm³/mol. The van der Waals surface area contributed by atoms with Crippen LogP contribution in [0.2, 0.25) is 0 Å².